The minimum atomic E-state index is 0. The van der Waals surface area contributed by atoms with E-state index in [-0.39, 0.29) is 26.2 Å². The van der Waals surface area contributed by atoms with Crippen molar-refractivity contribution in [1.29, 1.82) is 0 Å². The van der Waals surface area contributed by atoms with Gasteiger partial charge in [0.15, 0.2) is 0 Å². The summed E-state index contributed by atoms with van der Waals surface area (Å²) in [4.78, 5) is 0. The second-order valence-corrected chi connectivity index (χ2v) is 0.854. The Morgan fingerprint density at radius 1 is 1.60 bits per heavy atom. The standard InChI is InChI=1S/C4H9.Zr/c1-3-4-2;/h1,3-4H2,2H3;. The van der Waals surface area contributed by atoms with Gasteiger partial charge < -0.3 is 0 Å². The van der Waals surface area contributed by atoms with Crippen molar-refractivity contribution in [2.45, 2.75) is 19.8 Å². The van der Waals surface area contributed by atoms with E-state index >= 15 is 0 Å². The number of hydrogen-bond acceptors (Lipinski definition) is 0. The first-order valence-corrected chi connectivity index (χ1v) is 1.71. The Kier molecular flexibility index (Phi) is 16.5. The fourth-order valence-electron chi connectivity index (χ4n) is 0. The van der Waals surface area contributed by atoms with Crippen LogP contribution < -0.4 is 0 Å². The second-order valence-electron chi connectivity index (χ2n) is 0.854. The molecule has 0 rings (SSSR count). The van der Waals surface area contributed by atoms with Crippen molar-refractivity contribution in [3.05, 3.63) is 6.92 Å². The maximum absolute atomic E-state index is 3.60. The van der Waals surface area contributed by atoms with Crippen molar-refractivity contribution >= 4 is 0 Å². The molecule has 0 bridgehead atoms. The maximum atomic E-state index is 3.60. The van der Waals surface area contributed by atoms with Crippen molar-refractivity contribution in [2.24, 2.45) is 0 Å². The molecule has 0 unspecified atom stereocenters. The van der Waals surface area contributed by atoms with Crippen molar-refractivity contribution in [3.8, 4) is 0 Å². The zero-order valence-electron chi connectivity index (χ0n) is 3.62. The van der Waals surface area contributed by atoms with E-state index in [4.69, 9.17) is 0 Å². The Morgan fingerprint density at radius 3 is 1.80 bits per heavy atom. The number of rotatable bonds is 1. The molecule has 0 aliphatic heterocycles. The molecule has 0 aliphatic carbocycles. The van der Waals surface area contributed by atoms with Gasteiger partial charge in [0.1, 0.15) is 0 Å². The van der Waals surface area contributed by atoms with Crippen LogP contribution in [0.4, 0.5) is 0 Å². The molecule has 0 heterocycles. The smallest absolute Gasteiger partial charge is 0 e. The third-order valence-corrected chi connectivity index (χ3v) is 0.354. The normalized spacial score (nSPS) is 6.00. The minimum Gasteiger partial charge on any atom is -0.0654 e. The molecule has 0 aliphatic rings. The zero-order chi connectivity index (χ0) is 3.41. The van der Waals surface area contributed by atoms with Crippen LogP contribution in [0.1, 0.15) is 19.8 Å². The fourth-order valence-corrected chi connectivity index (χ4v) is 0. The number of unbranched alkanes of at least 4 members (excludes halogenated alkanes) is 1. The zero-order valence-corrected chi connectivity index (χ0v) is 6.08. The first-order valence-electron chi connectivity index (χ1n) is 1.71. The molecule has 0 atom stereocenters. The van der Waals surface area contributed by atoms with Gasteiger partial charge in [0.2, 0.25) is 0 Å². The monoisotopic (exact) mass is 147 g/mol. The molecule has 0 fully saturated rings. The molecule has 29 valence electrons. The Morgan fingerprint density at radius 2 is 1.80 bits per heavy atom. The van der Waals surface area contributed by atoms with E-state index in [9.17, 15) is 0 Å². The van der Waals surface area contributed by atoms with E-state index in [1.165, 1.54) is 6.42 Å². The summed E-state index contributed by atoms with van der Waals surface area (Å²) >= 11 is 0. The Balaban J connectivity index is 0. The van der Waals surface area contributed by atoms with Crippen LogP contribution in [0.2, 0.25) is 0 Å². The average molecular weight is 148 g/mol. The van der Waals surface area contributed by atoms with Crippen molar-refractivity contribution in [1.82, 2.24) is 0 Å². The molecule has 5 heavy (non-hydrogen) atoms. The summed E-state index contributed by atoms with van der Waals surface area (Å²) in [7, 11) is 0. The van der Waals surface area contributed by atoms with Crippen molar-refractivity contribution in [3.63, 3.8) is 0 Å². The molecule has 0 spiro atoms. The summed E-state index contributed by atoms with van der Waals surface area (Å²) in [6, 6.07) is 0. The van der Waals surface area contributed by atoms with Crippen LogP contribution in [-0.2, 0) is 26.2 Å². The molecular weight excluding hydrogens is 139 g/mol. The molecule has 0 aromatic rings. The van der Waals surface area contributed by atoms with Crippen LogP contribution in [-0.4, -0.2) is 0 Å². The summed E-state index contributed by atoms with van der Waals surface area (Å²) in [5.41, 5.74) is 0. The van der Waals surface area contributed by atoms with Gasteiger partial charge in [0, 0.05) is 26.2 Å². The van der Waals surface area contributed by atoms with E-state index in [1.54, 1.807) is 0 Å². The molecule has 1 radical (unpaired) electrons. The molecule has 0 N–H and O–H groups in total. The van der Waals surface area contributed by atoms with Crippen LogP contribution >= 0.6 is 0 Å². The predicted octanol–water partition coefficient (Wildman–Crippen LogP) is 1.62. The number of hydrogen-bond donors (Lipinski definition) is 0. The van der Waals surface area contributed by atoms with E-state index in [0.29, 0.717) is 0 Å². The van der Waals surface area contributed by atoms with Crippen LogP contribution in [0.3, 0.4) is 0 Å². The molecule has 1 heteroatoms. The summed E-state index contributed by atoms with van der Waals surface area (Å²) < 4.78 is 0. The first kappa shape index (κ1) is 9.30. The van der Waals surface area contributed by atoms with Gasteiger partial charge in [-0.2, -0.15) is 0 Å². The quantitative estimate of drug-likeness (QED) is 0.530. The maximum Gasteiger partial charge on any atom is 0 e. The van der Waals surface area contributed by atoms with Crippen LogP contribution in [0.15, 0.2) is 0 Å². The fraction of sp³-hybridized carbons (Fsp3) is 0.750. The largest absolute Gasteiger partial charge is 0.0654 e. The van der Waals surface area contributed by atoms with Gasteiger partial charge in [-0.3, -0.25) is 0 Å². The Labute approximate surface area is 53.1 Å². The van der Waals surface area contributed by atoms with Gasteiger partial charge in [-0.1, -0.05) is 26.7 Å². The van der Waals surface area contributed by atoms with E-state index in [0.717, 1.165) is 6.42 Å². The van der Waals surface area contributed by atoms with Gasteiger partial charge in [-0.15, -0.1) is 0 Å². The van der Waals surface area contributed by atoms with Crippen LogP contribution in [0.5, 0.6) is 0 Å². The molecule has 0 nitrogen and oxygen atoms in total. The molecule has 0 saturated carbocycles. The summed E-state index contributed by atoms with van der Waals surface area (Å²) in [5.74, 6) is 0. The first-order chi connectivity index (χ1) is 1.91. The summed E-state index contributed by atoms with van der Waals surface area (Å²) in [6.45, 7) is 5.72. The molecule has 0 aromatic heterocycles. The van der Waals surface area contributed by atoms with E-state index in [2.05, 4.69) is 13.8 Å². The third-order valence-electron chi connectivity index (χ3n) is 0.354. The SMILES string of the molecule is [CH2]CCC.[Zr]. The topological polar surface area (TPSA) is 0 Å². The molecule has 0 aromatic carbocycles. The van der Waals surface area contributed by atoms with Crippen LogP contribution in [0.25, 0.3) is 0 Å². The summed E-state index contributed by atoms with van der Waals surface area (Å²) in [5, 5.41) is 0. The van der Waals surface area contributed by atoms with E-state index < -0.39 is 0 Å². The Bertz CT molecular complexity index is 5.61. The van der Waals surface area contributed by atoms with Gasteiger partial charge in [-0.25, -0.2) is 0 Å². The van der Waals surface area contributed by atoms with Gasteiger partial charge >= 0.3 is 0 Å². The van der Waals surface area contributed by atoms with Crippen molar-refractivity contribution in [2.75, 3.05) is 0 Å². The molecular formula is C4H9Zr. The minimum absolute atomic E-state index is 0. The molecule has 0 saturated heterocycles. The van der Waals surface area contributed by atoms with Gasteiger partial charge in [0.25, 0.3) is 0 Å². The Hall–Kier alpha value is 0.883. The summed E-state index contributed by atoms with van der Waals surface area (Å²) in [6.07, 6.45) is 2.28. The third kappa shape index (κ3) is 11.4. The predicted molar refractivity (Wildman–Crippen MR) is 20.3 cm³/mol. The molecule has 0 amide bonds. The second kappa shape index (κ2) is 8.86. The van der Waals surface area contributed by atoms with Gasteiger partial charge in [-0.05, 0) is 0 Å². The van der Waals surface area contributed by atoms with Gasteiger partial charge in [0.05, 0.1) is 0 Å². The van der Waals surface area contributed by atoms with E-state index in [1.807, 2.05) is 0 Å². The van der Waals surface area contributed by atoms with Crippen LogP contribution in [0, 0.1) is 6.92 Å². The average Bonchev–Trinajstić information content (AvgIpc) is 1.37. The van der Waals surface area contributed by atoms with Crippen molar-refractivity contribution < 1.29 is 26.2 Å².